The van der Waals surface area contributed by atoms with Crippen LogP contribution < -0.4 is 6.15 Å². The lowest BCUT2D eigenvalue weighted by Crippen LogP contribution is -2.26. The molecular weight excluding hydrogens is 283 g/mol. The Labute approximate surface area is 101 Å². The van der Waals surface area contributed by atoms with Crippen molar-refractivity contribution >= 4 is 21.7 Å². The fraction of sp³-hybridized carbons (Fsp3) is 0.250. The van der Waals surface area contributed by atoms with Crippen LogP contribution in [0.2, 0.25) is 0 Å². The Morgan fingerprint density at radius 1 is 1.18 bits per heavy atom. The second kappa shape index (κ2) is 5.67. The van der Waals surface area contributed by atoms with Crippen LogP contribution in [-0.2, 0) is 14.3 Å². The van der Waals surface area contributed by atoms with E-state index in [0.717, 1.165) is 0 Å². The minimum Gasteiger partial charge on any atom is -0.344 e. The molecule has 1 rings (SSSR count). The second-order valence-corrected chi connectivity index (χ2v) is 4.68. The van der Waals surface area contributed by atoms with Crippen molar-refractivity contribution < 1.29 is 25.8 Å². The van der Waals surface area contributed by atoms with Crippen molar-refractivity contribution in [2.45, 2.75) is 11.1 Å². The maximum absolute atomic E-state index is 11.9. The second-order valence-electron chi connectivity index (χ2n) is 2.72. The Morgan fingerprint density at radius 2 is 1.65 bits per heavy atom. The van der Waals surface area contributed by atoms with E-state index in [0.29, 0.717) is 0 Å². The molecule has 9 heteroatoms. The summed E-state index contributed by atoms with van der Waals surface area (Å²) >= 11 is 5.40. The summed E-state index contributed by atoms with van der Waals surface area (Å²) in [7, 11) is -5.68. The Kier molecular flexibility index (Phi) is 5.40. The SMILES string of the molecule is N.O=S(=O)(OC(Cl)c1ccccc1)C(F)(F)F. The van der Waals surface area contributed by atoms with Crippen LogP contribution in [0.15, 0.2) is 30.3 Å². The van der Waals surface area contributed by atoms with Crippen LogP contribution in [-0.4, -0.2) is 13.9 Å². The summed E-state index contributed by atoms with van der Waals surface area (Å²) in [5, 5.41) is 0. The Hall–Kier alpha value is -0.830. The monoisotopic (exact) mass is 291 g/mol. The summed E-state index contributed by atoms with van der Waals surface area (Å²) in [5.74, 6) is 0. The van der Waals surface area contributed by atoms with Crippen molar-refractivity contribution in [2.75, 3.05) is 0 Å². The summed E-state index contributed by atoms with van der Waals surface area (Å²) in [6.45, 7) is 0. The fourth-order valence-electron chi connectivity index (χ4n) is 0.826. The first-order chi connectivity index (χ1) is 7.24. The predicted molar refractivity (Wildman–Crippen MR) is 56.1 cm³/mol. The van der Waals surface area contributed by atoms with Gasteiger partial charge in [-0.1, -0.05) is 41.9 Å². The van der Waals surface area contributed by atoms with Gasteiger partial charge in [0, 0.05) is 0 Å². The van der Waals surface area contributed by atoms with Crippen molar-refractivity contribution in [2.24, 2.45) is 0 Å². The van der Waals surface area contributed by atoms with Gasteiger partial charge in [0.2, 0.25) is 0 Å². The van der Waals surface area contributed by atoms with Crippen LogP contribution in [0.4, 0.5) is 13.2 Å². The van der Waals surface area contributed by atoms with Gasteiger partial charge in [-0.25, -0.2) is 4.18 Å². The molecule has 1 unspecified atom stereocenters. The van der Waals surface area contributed by atoms with E-state index in [2.05, 4.69) is 4.18 Å². The third-order valence-electron chi connectivity index (χ3n) is 1.56. The van der Waals surface area contributed by atoms with E-state index >= 15 is 0 Å². The molecule has 0 saturated carbocycles. The molecule has 1 atom stereocenters. The zero-order chi connectivity index (χ0) is 12.4. The highest BCUT2D eigenvalue weighted by Gasteiger charge is 2.48. The molecule has 0 aromatic heterocycles. The summed E-state index contributed by atoms with van der Waals surface area (Å²) < 4.78 is 60.8. The Morgan fingerprint density at radius 3 is 2.06 bits per heavy atom. The quantitative estimate of drug-likeness (QED) is 0.527. The summed E-state index contributed by atoms with van der Waals surface area (Å²) in [4.78, 5) is 0. The average Bonchev–Trinajstić information content (AvgIpc) is 2.16. The van der Waals surface area contributed by atoms with Gasteiger partial charge in [-0.3, -0.25) is 0 Å². The van der Waals surface area contributed by atoms with E-state index in [9.17, 15) is 21.6 Å². The van der Waals surface area contributed by atoms with E-state index in [1.54, 1.807) is 6.07 Å². The van der Waals surface area contributed by atoms with E-state index in [4.69, 9.17) is 11.6 Å². The van der Waals surface area contributed by atoms with Gasteiger partial charge < -0.3 is 6.15 Å². The first kappa shape index (κ1) is 16.2. The van der Waals surface area contributed by atoms with Crippen LogP contribution in [0, 0.1) is 0 Å². The molecule has 0 amide bonds. The largest absolute Gasteiger partial charge is 0.523 e. The molecule has 0 fully saturated rings. The molecule has 0 radical (unpaired) electrons. The number of hydrogen-bond donors (Lipinski definition) is 1. The van der Waals surface area contributed by atoms with Gasteiger partial charge >= 0.3 is 15.6 Å². The molecule has 0 heterocycles. The maximum Gasteiger partial charge on any atom is 0.523 e. The first-order valence-corrected chi connectivity index (χ1v) is 5.77. The highest BCUT2D eigenvalue weighted by atomic mass is 35.5. The van der Waals surface area contributed by atoms with Gasteiger partial charge in [-0.15, -0.1) is 0 Å². The number of benzene rings is 1. The number of halogens is 4. The summed E-state index contributed by atoms with van der Waals surface area (Å²) in [6.07, 6.45) is 0. The van der Waals surface area contributed by atoms with Crippen LogP contribution in [0.3, 0.4) is 0 Å². The van der Waals surface area contributed by atoms with Gasteiger partial charge in [-0.2, -0.15) is 21.6 Å². The van der Waals surface area contributed by atoms with Gasteiger partial charge in [0.15, 0.2) is 5.56 Å². The third-order valence-corrected chi connectivity index (χ3v) is 3.02. The molecule has 1 aromatic rings. The molecule has 1 aromatic carbocycles. The zero-order valence-electron chi connectivity index (χ0n) is 8.32. The van der Waals surface area contributed by atoms with Gasteiger partial charge in [0.25, 0.3) is 0 Å². The van der Waals surface area contributed by atoms with Gasteiger partial charge in [0.1, 0.15) is 0 Å². The van der Waals surface area contributed by atoms with E-state index in [1.165, 1.54) is 24.3 Å². The first-order valence-electron chi connectivity index (χ1n) is 3.92. The van der Waals surface area contributed by atoms with Crippen molar-refractivity contribution in [3.05, 3.63) is 35.9 Å². The molecular formula is C8H9ClF3NO3S. The van der Waals surface area contributed by atoms with Crippen molar-refractivity contribution in [3.8, 4) is 0 Å². The molecule has 0 aliphatic heterocycles. The highest BCUT2D eigenvalue weighted by Crippen LogP contribution is 2.31. The van der Waals surface area contributed by atoms with Gasteiger partial charge in [-0.05, 0) is 5.56 Å². The minimum absolute atomic E-state index is 0. The minimum atomic E-state index is -5.68. The Balaban J connectivity index is 0.00000256. The average molecular weight is 292 g/mol. The van der Waals surface area contributed by atoms with Crippen LogP contribution in [0.5, 0.6) is 0 Å². The van der Waals surface area contributed by atoms with Crippen molar-refractivity contribution in [3.63, 3.8) is 0 Å². The molecule has 0 aliphatic carbocycles. The van der Waals surface area contributed by atoms with E-state index < -0.39 is 21.2 Å². The molecule has 3 N–H and O–H groups in total. The molecule has 4 nitrogen and oxygen atoms in total. The third kappa shape index (κ3) is 4.15. The zero-order valence-corrected chi connectivity index (χ0v) is 9.89. The van der Waals surface area contributed by atoms with Crippen molar-refractivity contribution in [1.82, 2.24) is 6.15 Å². The number of alkyl halides is 4. The Bertz CT molecular complexity index is 449. The molecule has 0 bridgehead atoms. The predicted octanol–water partition coefficient (Wildman–Crippen LogP) is 2.95. The lowest BCUT2D eigenvalue weighted by atomic mass is 10.2. The van der Waals surface area contributed by atoms with E-state index in [1.807, 2.05) is 0 Å². The lowest BCUT2D eigenvalue weighted by molar-refractivity contribution is -0.0552. The summed E-state index contributed by atoms with van der Waals surface area (Å²) in [5.41, 5.74) is -7.06. The van der Waals surface area contributed by atoms with Crippen LogP contribution in [0.25, 0.3) is 0 Å². The molecule has 0 aliphatic rings. The smallest absolute Gasteiger partial charge is 0.344 e. The highest BCUT2D eigenvalue weighted by molar-refractivity contribution is 7.87. The summed E-state index contributed by atoms with van der Waals surface area (Å²) in [6, 6.07) is 7.29. The topological polar surface area (TPSA) is 78.4 Å². The number of hydrogen-bond acceptors (Lipinski definition) is 4. The fourth-order valence-corrected chi connectivity index (χ4v) is 1.70. The lowest BCUT2D eigenvalue weighted by Gasteiger charge is -2.12. The molecule has 0 spiro atoms. The van der Waals surface area contributed by atoms with Crippen molar-refractivity contribution in [1.29, 1.82) is 0 Å². The molecule has 17 heavy (non-hydrogen) atoms. The molecule has 0 saturated heterocycles. The number of rotatable bonds is 3. The maximum atomic E-state index is 11.9. The van der Waals surface area contributed by atoms with Gasteiger partial charge in [0.05, 0.1) is 0 Å². The van der Waals surface area contributed by atoms with Crippen LogP contribution in [0.1, 0.15) is 11.1 Å². The normalized spacial score (nSPS) is 13.9. The standard InChI is InChI=1S/C8H6ClF3O3S.H3N/c9-7(6-4-2-1-3-5-6)15-16(13,14)8(10,11)12;/h1-5,7H;1H3. The van der Waals surface area contributed by atoms with Crippen LogP contribution >= 0.6 is 11.6 Å². The molecule has 98 valence electrons. The van der Waals surface area contributed by atoms with E-state index in [-0.39, 0.29) is 11.7 Å².